The van der Waals surface area contributed by atoms with Gasteiger partial charge in [-0.3, -0.25) is 19.4 Å². The van der Waals surface area contributed by atoms with E-state index in [2.05, 4.69) is 70.5 Å². The summed E-state index contributed by atoms with van der Waals surface area (Å²) in [6, 6.07) is 38.7. The number of nitrogens with zero attached hydrogens (tertiary/aromatic N) is 3. The second kappa shape index (κ2) is 11.6. The first-order valence-electron chi connectivity index (χ1n) is 13.5. The number of carbonyl (C=O) groups excluding carboxylic acids is 2. The van der Waals surface area contributed by atoms with Crippen molar-refractivity contribution in [1.82, 2.24) is 9.80 Å². The van der Waals surface area contributed by atoms with Crippen molar-refractivity contribution in [3.05, 3.63) is 126 Å². The van der Waals surface area contributed by atoms with E-state index in [9.17, 15) is 9.59 Å². The third-order valence-corrected chi connectivity index (χ3v) is 8.66. The van der Waals surface area contributed by atoms with Gasteiger partial charge in [-0.2, -0.15) is 0 Å². The monoisotopic (exact) mass is 533 g/mol. The molecule has 0 aromatic heterocycles. The van der Waals surface area contributed by atoms with Crippen molar-refractivity contribution in [1.29, 1.82) is 0 Å². The number of benzene rings is 4. The standard InChI is InChI=1S/C33H31N3O2S/c37-31-24-29(33(38)36(31)28-18-10-11-19-30(28)39-27-16-8-3-9-17-27)34-20-22-35(23-21-34)32(25-12-4-1-5-13-25)26-14-6-2-7-15-26/h1-19,29,32H,20-24H2/t29-/m0/s1. The van der Waals surface area contributed by atoms with Gasteiger partial charge in [-0.1, -0.05) is 103 Å². The van der Waals surface area contributed by atoms with Crippen LogP contribution in [-0.4, -0.2) is 53.8 Å². The number of piperazine rings is 1. The van der Waals surface area contributed by atoms with E-state index in [-0.39, 0.29) is 24.3 Å². The van der Waals surface area contributed by atoms with Crippen LogP contribution in [0.1, 0.15) is 23.6 Å². The van der Waals surface area contributed by atoms with Crippen molar-refractivity contribution >= 4 is 29.3 Å². The number of carbonyl (C=O) groups is 2. The molecule has 0 unspecified atom stereocenters. The molecule has 6 rings (SSSR count). The second-order valence-corrected chi connectivity index (χ2v) is 11.1. The quantitative estimate of drug-likeness (QED) is 0.278. The lowest BCUT2D eigenvalue weighted by Gasteiger charge is -2.41. The zero-order chi connectivity index (χ0) is 26.6. The predicted molar refractivity (Wildman–Crippen MR) is 156 cm³/mol. The molecule has 2 aliphatic heterocycles. The maximum absolute atomic E-state index is 13.7. The molecule has 2 saturated heterocycles. The molecule has 2 fully saturated rings. The number of anilines is 1. The molecule has 2 amide bonds. The Balaban J connectivity index is 1.18. The van der Waals surface area contributed by atoms with Crippen LogP contribution in [0.2, 0.25) is 0 Å². The Morgan fingerprint density at radius 2 is 1.18 bits per heavy atom. The summed E-state index contributed by atoms with van der Waals surface area (Å²) >= 11 is 1.57. The Kier molecular flexibility index (Phi) is 7.59. The van der Waals surface area contributed by atoms with Gasteiger partial charge in [0.25, 0.3) is 5.91 Å². The van der Waals surface area contributed by atoms with Gasteiger partial charge in [-0.05, 0) is 35.4 Å². The third kappa shape index (κ3) is 5.41. The Morgan fingerprint density at radius 3 is 1.79 bits per heavy atom. The van der Waals surface area contributed by atoms with Crippen molar-refractivity contribution in [2.24, 2.45) is 0 Å². The van der Waals surface area contributed by atoms with Crippen LogP contribution in [0.15, 0.2) is 125 Å². The van der Waals surface area contributed by atoms with Crippen LogP contribution in [0.4, 0.5) is 5.69 Å². The topological polar surface area (TPSA) is 43.9 Å². The van der Waals surface area contributed by atoms with Crippen LogP contribution in [0.5, 0.6) is 0 Å². The van der Waals surface area contributed by atoms with E-state index in [1.165, 1.54) is 16.0 Å². The van der Waals surface area contributed by atoms with Gasteiger partial charge in [0.2, 0.25) is 5.91 Å². The maximum atomic E-state index is 13.7. The normalized spacial score (nSPS) is 18.7. The first kappa shape index (κ1) is 25.6. The summed E-state index contributed by atoms with van der Waals surface area (Å²) in [7, 11) is 0. The average molecular weight is 534 g/mol. The van der Waals surface area contributed by atoms with Crippen LogP contribution < -0.4 is 4.90 Å². The lowest BCUT2D eigenvalue weighted by molar-refractivity contribution is -0.123. The fourth-order valence-electron chi connectivity index (χ4n) is 5.69. The minimum absolute atomic E-state index is 0.114. The molecule has 196 valence electrons. The van der Waals surface area contributed by atoms with E-state index in [1.807, 2.05) is 54.6 Å². The van der Waals surface area contributed by atoms with Crippen LogP contribution in [0.25, 0.3) is 0 Å². The molecule has 1 atom stereocenters. The highest BCUT2D eigenvalue weighted by Crippen LogP contribution is 2.38. The van der Waals surface area contributed by atoms with E-state index in [1.54, 1.807) is 11.8 Å². The molecule has 0 N–H and O–H groups in total. The molecular formula is C33H31N3O2S. The molecule has 39 heavy (non-hydrogen) atoms. The lowest BCUT2D eigenvalue weighted by Crippen LogP contribution is -2.53. The number of rotatable bonds is 7. The number of amides is 2. The van der Waals surface area contributed by atoms with E-state index in [0.717, 1.165) is 36.0 Å². The molecule has 2 aliphatic rings. The zero-order valence-corrected chi connectivity index (χ0v) is 22.5. The molecular weight excluding hydrogens is 502 g/mol. The Labute approximate surface area is 234 Å². The van der Waals surface area contributed by atoms with Crippen LogP contribution in [-0.2, 0) is 9.59 Å². The fourth-order valence-corrected chi connectivity index (χ4v) is 6.65. The zero-order valence-electron chi connectivity index (χ0n) is 21.7. The minimum atomic E-state index is -0.415. The molecule has 0 radical (unpaired) electrons. The predicted octanol–water partition coefficient (Wildman–Crippen LogP) is 5.88. The van der Waals surface area contributed by atoms with Crippen molar-refractivity contribution in [2.45, 2.75) is 28.3 Å². The van der Waals surface area contributed by atoms with Gasteiger partial charge in [0, 0.05) is 36.0 Å². The van der Waals surface area contributed by atoms with Gasteiger partial charge in [0.1, 0.15) is 0 Å². The highest BCUT2D eigenvalue weighted by Gasteiger charge is 2.44. The maximum Gasteiger partial charge on any atom is 0.251 e. The fraction of sp³-hybridized carbons (Fsp3) is 0.212. The van der Waals surface area contributed by atoms with E-state index in [0.29, 0.717) is 5.69 Å². The summed E-state index contributed by atoms with van der Waals surface area (Å²) in [5.74, 6) is -0.239. The van der Waals surface area contributed by atoms with Gasteiger partial charge in [0.15, 0.2) is 0 Å². The first-order chi connectivity index (χ1) is 19.2. The van der Waals surface area contributed by atoms with E-state index < -0.39 is 6.04 Å². The minimum Gasteiger partial charge on any atom is -0.290 e. The molecule has 0 aliphatic carbocycles. The van der Waals surface area contributed by atoms with E-state index >= 15 is 0 Å². The number of imide groups is 1. The van der Waals surface area contributed by atoms with Gasteiger partial charge in [0.05, 0.1) is 24.2 Å². The molecule has 0 bridgehead atoms. The van der Waals surface area contributed by atoms with Crippen molar-refractivity contribution in [2.75, 3.05) is 31.1 Å². The summed E-state index contributed by atoms with van der Waals surface area (Å²) in [4.78, 5) is 35.1. The van der Waals surface area contributed by atoms with Crippen LogP contribution in [0.3, 0.4) is 0 Å². The molecule has 4 aromatic carbocycles. The molecule has 4 aromatic rings. The largest absolute Gasteiger partial charge is 0.290 e. The number of hydrogen-bond donors (Lipinski definition) is 0. The number of hydrogen-bond acceptors (Lipinski definition) is 5. The average Bonchev–Trinajstić information content (AvgIpc) is 3.29. The van der Waals surface area contributed by atoms with E-state index in [4.69, 9.17) is 0 Å². The smallest absolute Gasteiger partial charge is 0.251 e. The van der Waals surface area contributed by atoms with Crippen LogP contribution in [0, 0.1) is 0 Å². The summed E-state index contributed by atoms with van der Waals surface area (Å²) in [6.45, 7) is 3.14. The highest BCUT2D eigenvalue weighted by atomic mass is 32.2. The third-order valence-electron chi connectivity index (χ3n) is 7.59. The molecule has 0 saturated carbocycles. The SMILES string of the molecule is O=C1C[C@H](N2CCN(C(c3ccccc3)c3ccccc3)CC2)C(=O)N1c1ccccc1Sc1ccccc1. The Bertz CT molecular complexity index is 1380. The van der Waals surface area contributed by atoms with Crippen molar-refractivity contribution in [3.8, 4) is 0 Å². The first-order valence-corrected chi connectivity index (χ1v) is 14.3. The summed E-state index contributed by atoms with van der Waals surface area (Å²) < 4.78 is 0. The molecule has 2 heterocycles. The van der Waals surface area contributed by atoms with Crippen molar-refractivity contribution in [3.63, 3.8) is 0 Å². The van der Waals surface area contributed by atoms with Crippen molar-refractivity contribution < 1.29 is 9.59 Å². The summed E-state index contributed by atoms with van der Waals surface area (Å²) in [5.41, 5.74) is 3.21. The Morgan fingerprint density at radius 1 is 0.641 bits per heavy atom. The van der Waals surface area contributed by atoms with Gasteiger partial charge in [-0.15, -0.1) is 0 Å². The van der Waals surface area contributed by atoms with Crippen LogP contribution >= 0.6 is 11.8 Å². The second-order valence-electron chi connectivity index (χ2n) is 9.97. The summed E-state index contributed by atoms with van der Waals surface area (Å²) in [5, 5.41) is 0. The number of para-hydroxylation sites is 1. The molecule has 6 heteroatoms. The van der Waals surface area contributed by atoms with Gasteiger partial charge < -0.3 is 0 Å². The summed E-state index contributed by atoms with van der Waals surface area (Å²) in [6.07, 6.45) is 0.226. The lowest BCUT2D eigenvalue weighted by atomic mass is 9.96. The highest BCUT2D eigenvalue weighted by molar-refractivity contribution is 7.99. The van der Waals surface area contributed by atoms with Gasteiger partial charge in [-0.25, -0.2) is 4.90 Å². The molecule has 5 nitrogen and oxygen atoms in total. The Hall–Kier alpha value is -3.71. The van der Waals surface area contributed by atoms with Gasteiger partial charge >= 0.3 is 0 Å². The molecule has 0 spiro atoms.